The zero-order chi connectivity index (χ0) is 26.3. The Morgan fingerprint density at radius 2 is 2.11 bits per heavy atom. The molecule has 3 saturated heterocycles. The number of piperidine rings is 1. The highest BCUT2D eigenvalue weighted by molar-refractivity contribution is 7.99. The average Bonchev–Trinajstić information content (AvgIpc) is 3.47. The molecular formula is C26H37N7O4S. The highest BCUT2D eigenvalue weighted by Gasteiger charge is 2.47. The number of aromatic nitrogens is 3. The van der Waals surface area contributed by atoms with Crippen molar-refractivity contribution in [3.8, 4) is 5.75 Å². The summed E-state index contributed by atoms with van der Waals surface area (Å²) in [4.78, 5) is 19.6. The van der Waals surface area contributed by atoms with Crippen LogP contribution in [-0.2, 0) is 14.2 Å². The third-order valence-corrected chi connectivity index (χ3v) is 9.53. The van der Waals surface area contributed by atoms with Gasteiger partial charge in [-0.3, -0.25) is 0 Å². The summed E-state index contributed by atoms with van der Waals surface area (Å²) in [5, 5.41) is 0.661. The first-order valence-electron chi connectivity index (χ1n) is 13.3. The molecule has 206 valence electrons. The van der Waals surface area contributed by atoms with Crippen LogP contribution < -0.4 is 26.0 Å². The molecule has 4 aliphatic heterocycles. The van der Waals surface area contributed by atoms with Gasteiger partial charge in [-0.25, -0.2) is 15.0 Å². The van der Waals surface area contributed by atoms with Gasteiger partial charge in [0.25, 0.3) is 0 Å². The first-order chi connectivity index (χ1) is 18.5. The largest absolute Gasteiger partial charge is 0.486 e. The van der Waals surface area contributed by atoms with Crippen LogP contribution in [0, 0.1) is 11.3 Å². The number of rotatable bonds is 7. The molecule has 0 bridgehead atoms. The van der Waals surface area contributed by atoms with Gasteiger partial charge in [-0.1, -0.05) is 11.8 Å². The number of methoxy groups -OCH3 is 1. The summed E-state index contributed by atoms with van der Waals surface area (Å²) in [7, 11) is 1.64. The molecule has 0 radical (unpaired) electrons. The Morgan fingerprint density at radius 1 is 1.26 bits per heavy atom. The standard InChI is InChI=1S/C26H37N7O4S/c1-16-22(27)26(14-37-16)4-7-32(8-5-26)20-10-30-25(23(28)31-20)38-19-3-6-29-24-21(19)36-13-18-9-17(11-33(18)24)12-35-15-34-2/h3,6,10,16-18,22H,4-5,7-9,11-15,27H2,1-2H3,(H2,28,31)/t16-,17-,18-,22+/m0/s1. The molecule has 0 amide bonds. The van der Waals surface area contributed by atoms with E-state index < -0.39 is 0 Å². The van der Waals surface area contributed by atoms with E-state index in [-0.39, 0.29) is 17.6 Å². The van der Waals surface area contributed by atoms with Crippen LogP contribution in [0.2, 0.25) is 0 Å². The number of hydrogen-bond acceptors (Lipinski definition) is 12. The number of pyridine rings is 1. The second-order valence-electron chi connectivity index (χ2n) is 10.9. The molecule has 2 aromatic heterocycles. The van der Waals surface area contributed by atoms with Crippen LogP contribution in [0.4, 0.5) is 17.5 Å². The number of ether oxygens (including phenoxy) is 4. The zero-order valence-electron chi connectivity index (χ0n) is 22.0. The Labute approximate surface area is 227 Å². The highest BCUT2D eigenvalue weighted by atomic mass is 32.2. The van der Waals surface area contributed by atoms with E-state index in [0.717, 1.165) is 67.8 Å². The number of nitrogen functional groups attached to an aromatic ring is 1. The quantitative estimate of drug-likeness (QED) is 0.391. The molecule has 2 aromatic rings. The van der Waals surface area contributed by atoms with Crippen molar-refractivity contribution in [3.63, 3.8) is 0 Å². The molecule has 4 N–H and O–H groups in total. The number of anilines is 3. The molecule has 0 unspecified atom stereocenters. The van der Waals surface area contributed by atoms with E-state index in [1.165, 1.54) is 11.8 Å². The van der Waals surface area contributed by atoms with Gasteiger partial charge in [-0.05, 0) is 32.3 Å². The number of nitrogens with zero attached hydrogens (tertiary/aromatic N) is 5. The SMILES string of the molecule is COCOC[C@H]1C[C@H]2COc3c(Sc4ncc(N5CCC6(CC5)CO[C@@H](C)[C@H]6N)nc4N)ccnc3N2C1. The predicted octanol–water partition coefficient (Wildman–Crippen LogP) is 2.15. The molecule has 0 aliphatic carbocycles. The van der Waals surface area contributed by atoms with Crippen molar-refractivity contribution in [2.24, 2.45) is 17.1 Å². The van der Waals surface area contributed by atoms with Gasteiger partial charge >= 0.3 is 0 Å². The minimum Gasteiger partial charge on any atom is -0.486 e. The average molecular weight is 544 g/mol. The zero-order valence-corrected chi connectivity index (χ0v) is 22.9. The maximum atomic E-state index is 6.48. The normalized spacial score (nSPS) is 27.9. The second kappa shape index (κ2) is 10.6. The molecule has 1 spiro atoms. The lowest BCUT2D eigenvalue weighted by Gasteiger charge is -2.41. The molecule has 6 rings (SSSR count). The third kappa shape index (κ3) is 4.77. The van der Waals surface area contributed by atoms with E-state index in [4.69, 9.17) is 40.4 Å². The van der Waals surface area contributed by atoms with Crippen molar-refractivity contribution in [2.75, 3.05) is 68.9 Å². The maximum Gasteiger partial charge on any atom is 0.175 e. The fourth-order valence-corrected chi connectivity index (χ4v) is 7.08. The van der Waals surface area contributed by atoms with Crippen molar-refractivity contribution in [1.82, 2.24) is 15.0 Å². The highest BCUT2D eigenvalue weighted by Crippen LogP contribution is 2.46. The van der Waals surface area contributed by atoms with Crippen molar-refractivity contribution < 1.29 is 18.9 Å². The predicted molar refractivity (Wildman–Crippen MR) is 145 cm³/mol. The molecule has 4 aliphatic rings. The van der Waals surface area contributed by atoms with Gasteiger partial charge in [0.15, 0.2) is 17.4 Å². The van der Waals surface area contributed by atoms with Crippen LogP contribution in [0.15, 0.2) is 28.4 Å². The van der Waals surface area contributed by atoms with Crippen molar-refractivity contribution >= 4 is 29.2 Å². The van der Waals surface area contributed by atoms with Crippen LogP contribution in [0.1, 0.15) is 26.2 Å². The molecule has 0 saturated carbocycles. The molecule has 4 atom stereocenters. The topological polar surface area (TPSA) is 134 Å². The summed E-state index contributed by atoms with van der Waals surface area (Å²) >= 11 is 1.47. The van der Waals surface area contributed by atoms with Crippen LogP contribution >= 0.6 is 11.8 Å². The number of nitrogens with two attached hydrogens (primary N) is 2. The molecular weight excluding hydrogens is 506 g/mol. The van der Waals surface area contributed by atoms with Crippen LogP contribution in [0.3, 0.4) is 0 Å². The molecule has 0 aromatic carbocycles. The van der Waals surface area contributed by atoms with Crippen molar-refractivity contribution in [3.05, 3.63) is 18.5 Å². The maximum absolute atomic E-state index is 6.48. The van der Waals surface area contributed by atoms with Gasteiger partial charge in [0.1, 0.15) is 24.2 Å². The van der Waals surface area contributed by atoms with Gasteiger partial charge < -0.3 is 40.2 Å². The fraction of sp³-hybridized carbons (Fsp3) is 0.654. The van der Waals surface area contributed by atoms with Crippen molar-refractivity contribution in [2.45, 2.75) is 54.3 Å². The molecule has 11 nitrogen and oxygen atoms in total. The van der Waals surface area contributed by atoms with Crippen LogP contribution in [0.5, 0.6) is 5.75 Å². The lowest BCUT2D eigenvalue weighted by Crippen LogP contribution is -2.50. The summed E-state index contributed by atoms with van der Waals surface area (Å²) in [5.74, 6) is 3.29. The molecule has 38 heavy (non-hydrogen) atoms. The summed E-state index contributed by atoms with van der Waals surface area (Å²) in [6, 6.07) is 2.33. The monoisotopic (exact) mass is 543 g/mol. The minimum absolute atomic E-state index is 0.0659. The molecule has 6 heterocycles. The first-order valence-corrected chi connectivity index (χ1v) is 14.2. The first kappa shape index (κ1) is 25.9. The van der Waals surface area contributed by atoms with Gasteiger partial charge in [0, 0.05) is 50.3 Å². The minimum atomic E-state index is 0.0659. The van der Waals surface area contributed by atoms with E-state index in [0.29, 0.717) is 42.8 Å². The molecule has 12 heteroatoms. The Kier molecular flexibility index (Phi) is 7.25. The van der Waals surface area contributed by atoms with E-state index in [1.54, 1.807) is 7.11 Å². The summed E-state index contributed by atoms with van der Waals surface area (Å²) in [5.41, 5.74) is 13.0. The van der Waals surface area contributed by atoms with E-state index in [2.05, 4.69) is 21.7 Å². The smallest absolute Gasteiger partial charge is 0.175 e. The van der Waals surface area contributed by atoms with Crippen molar-refractivity contribution in [1.29, 1.82) is 0 Å². The lowest BCUT2D eigenvalue weighted by molar-refractivity contribution is -0.0414. The third-order valence-electron chi connectivity index (χ3n) is 8.49. The van der Waals surface area contributed by atoms with Gasteiger partial charge in [0.05, 0.1) is 36.5 Å². The summed E-state index contributed by atoms with van der Waals surface area (Å²) in [6.07, 6.45) is 6.73. The van der Waals surface area contributed by atoms with E-state index in [1.807, 2.05) is 18.5 Å². The molecule has 3 fully saturated rings. The summed E-state index contributed by atoms with van der Waals surface area (Å²) in [6.45, 7) is 7.03. The second-order valence-corrected chi connectivity index (χ2v) is 11.9. The Bertz CT molecular complexity index is 1150. The van der Waals surface area contributed by atoms with Crippen LogP contribution in [-0.4, -0.2) is 86.5 Å². The summed E-state index contributed by atoms with van der Waals surface area (Å²) < 4.78 is 22.7. The lowest BCUT2D eigenvalue weighted by atomic mass is 9.73. The van der Waals surface area contributed by atoms with Gasteiger partial charge in [-0.2, -0.15) is 0 Å². The Hall–Kier alpha value is -2.38. The van der Waals surface area contributed by atoms with Gasteiger partial charge in [0.2, 0.25) is 0 Å². The number of hydrogen-bond donors (Lipinski definition) is 2. The Balaban J connectivity index is 1.13. The van der Waals surface area contributed by atoms with E-state index in [9.17, 15) is 0 Å². The van der Waals surface area contributed by atoms with Crippen LogP contribution in [0.25, 0.3) is 0 Å². The Morgan fingerprint density at radius 3 is 2.84 bits per heavy atom. The number of fused-ring (bicyclic) bond motifs is 3. The fourth-order valence-electron chi connectivity index (χ4n) is 6.24. The van der Waals surface area contributed by atoms with Gasteiger partial charge in [-0.15, -0.1) is 0 Å². The van der Waals surface area contributed by atoms with E-state index >= 15 is 0 Å².